The summed E-state index contributed by atoms with van der Waals surface area (Å²) in [5.74, 6) is 0.396. The largest absolute Gasteiger partial charge is 0.497 e. The Bertz CT molecular complexity index is 643. The lowest BCUT2D eigenvalue weighted by Gasteiger charge is -2.11. The van der Waals surface area contributed by atoms with Crippen molar-refractivity contribution in [2.45, 2.75) is 6.42 Å². The van der Waals surface area contributed by atoms with Crippen LogP contribution in [0.15, 0.2) is 42.5 Å². The molecule has 0 aliphatic rings. The molecular weight excluding hydrogens is 273 g/mol. The van der Waals surface area contributed by atoms with Gasteiger partial charge < -0.3 is 14.8 Å². The van der Waals surface area contributed by atoms with Crippen molar-refractivity contribution in [1.29, 1.82) is 0 Å². The molecule has 0 spiro atoms. The Hall–Kier alpha value is -2.56. The summed E-state index contributed by atoms with van der Waals surface area (Å²) in [4.78, 5) is 12.0. The van der Waals surface area contributed by atoms with Gasteiger partial charge in [-0.1, -0.05) is 18.2 Å². The summed E-state index contributed by atoms with van der Waals surface area (Å²) in [7, 11) is 3.05. The first-order chi connectivity index (χ1) is 10.1. The van der Waals surface area contributed by atoms with E-state index in [4.69, 9.17) is 9.47 Å². The van der Waals surface area contributed by atoms with Crippen LogP contribution in [0.1, 0.15) is 5.56 Å². The highest BCUT2D eigenvalue weighted by atomic mass is 19.1. The van der Waals surface area contributed by atoms with Gasteiger partial charge in [-0.15, -0.1) is 0 Å². The topological polar surface area (TPSA) is 47.6 Å². The Morgan fingerprint density at radius 3 is 2.57 bits per heavy atom. The quantitative estimate of drug-likeness (QED) is 0.920. The molecule has 2 rings (SSSR count). The lowest BCUT2D eigenvalue weighted by atomic mass is 10.1. The molecule has 0 aromatic heterocycles. The maximum absolute atomic E-state index is 13.5. The Labute approximate surface area is 122 Å². The number of rotatable bonds is 5. The van der Waals surface area contributed by atoms with E-state index in [2.05, 4.69) is 5.32 Å². The average Bonchev–Trinajstić information content (AvgIpc) is 2.50. The molecule has 4 nitrogen and oxygen atoms in total. The SMILES string of the molecule is COc1ccc(NC(=O)Cc2ccccc2F)c(OC)c1. The van der Waals surface area contributed by atoms with Crippen molar-refractivity contribution >= 4 is 11.6 Å². The third-order valence-electron chi connectivity index (χ3n) is 2.99. The Kier molecular flexibility index (Phi) is 4.77. The van der Waals surface area contributed by atoms with E-state index in [-0.39, 0.29) is 12.3 Å². The number of hydrogen-bond acceptors (Lipinski definition) is 3. The van der Waals surface area contributed by atoms with Crippen molar-refractivity contribution in [2.24, 2.45) is 0 Å². The molecule has 1 amide bonds. The number of carbonyl (C=O) groups is 1. The van der Waals surface area contributed by atoms with Gasteiger partial charge in [0.25, 0.3) is 0 Å². The van der Waals surface area contributed by atoms with Crippen LogP contribution >= 0.6 is 0 Å². The average molecular weight is 289 g/mol. The van der Waals surface area contributed by atoms with E-state index in [0.717, 1.165) is 0 Å². The van der Waals surface area contributed by atoms with E-state index in [1.54, 1.807) is 43.5 Å². The van der Waals surface area contributed by atoms with Gasteiger partial charge in [0, 0.05) is 6.07 Å². The van der Waals surface area contributed by atoms with Crippen molar-refractivity contribution in [3.05, 3.63) is 53.8 Å². The Morgan fingerprint density at radius 1 is 1.14 bits per heavy atom. The second-order valence-electron chi connectivity index (χ2n) is 4.38. The standard InChI is InChI=1S/C16H16FNO3/c1-20-12-7-8-14(15(10-12)21-2)18-16(19)9-11-5-3-4-6-13(11)17/h3-8,10H,9H2,1-2H3,(H,18,19). The predicted octanol–water partition coefficient (Wildman–Crippen LogP) is 3.02. The summed E-state index contributed by atoms with van der Waals surface area (Å²) in [5.41, 5.74) is 0.863. The van der Waals surface area contributed by atoms with E-state index in [0.29, 0.717) is 22.7 Å². The molecule has 0 aliphatic heterocycles. The predicted molar refractivity (Wildman–Crippen MR) is 78.3 cm³/mol. The van der Waals surface area contributed by atoms with Gasteiger partial charge in [0.05, 0.1) is 26.3 Å². The van der Waals surface area contributed by atoms with E-state index in [9.17, 15) is 9.18 Å². The third-order valence-corrected chi connectivity index (χ3v) is 2.99. The number of benzene rings is 2. The first-order valence-corrected chi connectivity index (χ1v) is 6.39. The van der Waals surface area contributed by atoms with Gasteiger partial charge in [0.2, 0.25) is 5.91 Å². The summed E-state index contributed by atoms with van der Waals surface area (Å²) >= 11 is 0. The first kappa shape index (κ1) is 14.8. The second-order valence-corrected chi connectivity index (χ2v) is 4.38. The first-order valence-electron chi connectivity index (χ1n) is 6.39. The van der Waals surface area contributed by atoms with Crippen LogP contribution in [0, 0.1) is 5.82 Å². The van der Waals surface area contributed by atoms with E-state index >= 15 is 0 Å². The molecule has 0 saturated heterocycles. The second kappa shape index (κ2) is 6.74. The molecule has 0 radical (unpaired) electrons. The molecule has 2 aromatic rings. The minimum Gasteiger partial charge on any atom is -0.497 e. The highest BCUT2D eigenvalue weighted by Crippen LogP contribution is 2.29. The molecule has 0 atom stereocenters. The van der Waals surface area contributed by atoms with Crippen LogP contribution in [0.4, 0.5) is 10.1 Å². The fraction of sp³-hybridized carbons (Fsp3) is 0.188. The highest BCUT2D eigenvalue weighted by molar-refractivity contribution is 5.93. The normalized spacial score (nSPS) is 10.0. The molecule has 1 N–H and O–H groups in total. The molecule has 0 heterocycles. The molecule has 0 saturated carbocycles. The van der Waals surface area contributed by atoms with Gasteiger partial charge in [-0.25, -0.2) is 4.39 Å². The zero-order valence-electron chi connectivity index (χ0n) is 11.9. The van der Waals surface area contributed by atoms with Gasteiger partial charge >= 0.3 is 0 Å². The van der Waals surface area contributed by atoms with Crippen LogP contribution in [0.25, 0.3) is 0 Å². The van der Waals surface area contributed by atoms with Crippen LogP contribution in [0.3, 0.4) is 0 Å². The van der Waals surface area contributed by atoms with Gasteiger partial charge in [0.1, 0.15) is 17.3 Å². The number of anilines is 1. The lowest BCUT2D eigenvalue weighted by Crippen LogP contribution is -2.15. The summed E-state index contributed by atoms with van der Waals surface area (Å²) in [6.07, 6.45) is -0.0398. The number of halogens is 1. The minimum atomic E-state index is -0.394. The Morgan fingerprint density at radius 2 is 1.90 bits per heavy atom. The van der Waals surface area contributed by atoms with Crippen LogP contribution in [0.2, 0.25) is 0 Å². The van der Waals surface area contributed by atoms with Crippen LogP contribution < -0.4 is 14.8 Å². The maximum Gasteiger partial charge on any atom is 0.229 e. The third kappa shape index (κ3) is 3.72. The van der Waals surface area contributed by atoms with E-state index in [1.807, 2.05) is 0 Å². The van der Waals surface area contributed by atoms with Gasteiger partial charge in [-0.05, 0) is 23.8 Å². The van der Waals surface area contributed by atoms with Crippen molar-refractivity contribution < 1.29 is 18.7 Å². The minimum absolute atomic E-state index is 0.0398. The molecule has 2 aromatic carbocycles. The monoisotopic (exact) mass is 289 g/mol. The number of carbonyl (C=O) groups excluding carboxylic acids is 1. The zero-order valence-corrected chi connectivity index (χ0v) is 11.9. The smallest absolute Gasteiger partial charge is 0.229 e. The molecule has 0 unspecified atom stereocenters. The molecular formula is C16H16FNO3. The molecule has 110 valence electrons. The van der Waals surface area contributed by atoms with Gasteiger partial charge in [0.15, 0.2) is 0 Å². The van der Waals surface area contributed by atoms with Crippen LogP contribution in [-0.2, 0) is 11.2 Å². The zero-order chi connectivity index (χ0) is 15.2. The molecule has 21 heavy (non-hydrogen) atoms. The fourth-order valence-electron chi connectivity index (χ4n) is 1.91. The van der Waals surface area contributed by atoms with Gasteiger partial charge in [-0.2, -0.15) is 0 Å². The molecule has 0 fully saturated rings. The lowest BCUT2D eigenvalue weighted by molar-refractivity contribution is -0.115. The van der Waals surface area contributed by atoms with Crippen molar-refractivity contribution in [3.63, 3.8) is 0 Å². The number of ether oxygens (including phenoxy) is 2. The van der Waals surface area contributed by atoms with Crippen molar-refractivity contribution in [3.8, 4) is 11.5 Å². The maximum atomic E-state index is 13.5. The number of hydrogen-bond donors (Lipinski definition) is 1. The number of nitrogens with one attached hydrogen (secondary N) is 1. The number of amides is 1. The van der Waals surface area contributed by atoms with Crippen molar-refractivity contribution in [1.82, 2.24) is 0 Å². The molecule has 5 heteroatoms. The Balaban J connectivity index is 2.11. The van der Waals surface area contributed by atoms with Crippen LogP contribution in [0.5, 0.6) is 11.5 Å². The number of methoxy groups -OCH3 is 2. The van der Waals surface area contributed by atoms with Crippen molar-refractivity contribution in [2.75, 3.05) is 19.5 Å². The molecule has 0 aliphatic carbocycles. The van der Waals surface area contributed by atoms with E-state index in [1.165, 1.54) is 13.2 Å². The molecule has 0 bridgehead atoms. The fourth-order valence-corrected chi connectivity index (χ4v) is 1.91. The summed E-state index contributed by atoms with van der Waals surface area (Å²) in [5, 5.41) is 2.70. The van der Waals surface area contributed by atoms with E-state index < -0.39 is 5.82 Å². The summed E-state index contributed by atoms with van der Waals surface area (Å²) in [6.45, 7) is 0. The summed E-state index contributed by atoms with van der Waals surface area (Å²) in [6, 6.07) is 11.2. The van der Waals surface area contributed by atoms with Gasteiger partial charge in [-0.3, -0.25) is 4.79 Å². The summed E-state index contributed by atoms with van der Waals surface area (Å²) < 4.78 is 23.8. The van der Waals surface area contributed by atoms with Crippen LogP contribution in [-0.4, -0.2) is 20.1 Å². The highest BCUT2D eigenvalue weighted by Gasteiger charge is 2.11.